The van der Waals surface area contributed by atoms with Crippen molar-refractivity contribution in [3.8, 4) is 0 Å². The SMILES string of the molecule is Cc1cccc(N2C(=O)CCNC2=O)c1. The van der Waals surface area contributed by atoms with Crippen LogP contribution in [0.1, 0.15) is 12.0 Å². The number of imide groups is 1. The average Bonchev–Trinajstić information content (AvgIpc) is 2.17. The minimum atomic E-state index is -0.336. The Morgan fingerprint density at radius 2 is 2.13 bits per heavy atom. The minimum Gasteiger partial charge on any atom is -0.337 e. The van der Waals surface area contributed by atoms with Gasteiger partial charge in [-0.1, -0.05) is 12.1 Å². The van der Waals surface area contributed by atoms with E-state index >= 15 is 0 Å². The second-order valence-electron chi connectivity index (χ2n) is 3.55. The summed E-state index contributed by atoms with van der Waals surface area (Å²) in [5.74, 6) is -0.149. The van der Waals surface area contributed by atoms with Gasteiger partial charge in [-0.15, -0.1) is 0 Å². The van der Waals surface area contributed by atoms with Crippen LogP contribution in [0, 0.1) is 6.92 Å². The zero-order valence-electron chi connectivity index (χ0n) is 8.49. The molecule has 1 heterocycles. The van der Waals surface area contributed by atoms with E-state index < -0.39 is 0 Å². The van der Waals surface area contributed by atoms with Crippen LogP contribution in [0.15, 0.2) is 24.3 Å². The number of anilines is 1. The number of rotatable bonds is 1. The summed E-state index contributed by atoms with van der Waals surface area (Å²) in [4.78, 5) is 24.3. The molecule has 0 spiro atoms. The Hall–Kier alpha value is -1.84. The minimum absolute atomic E-state index is 0.149. The average molecular weight is 204 g/mol. The lowest BCUT2D eigenvalue weighted by atomic mass is 10.2. The Kier molecular flexibility index (Phi) is 2.41. The monoisotopic (exact) mass is 204 g/mol. The molecular formula is C11H12N2O2. The van der Waals surface area contributed by atoms with Crippen molar-refractivity contribution in [3.05, 3.63) is 29.8 Å². The fourth-order valence-corrected chi connectivity index (χ4v) is 1.61. The summed E-state index contributed by atoms with van der Waals surface area (Å²) in [5, 5.41) is 2.65. The Bertz CT molecular complexity index is 399. The van der Waals surface area contributed by atoms with Gasteiger partial charge in [0, 0.05) is 13.0 Å². The molecule has 0 unspecified atom stereocenters. The largest absolute Gasteiger partial charge is 0.337 e. The van der Waals surface area contributed by atoms with Crippen molar-refractivity contribution in [1.29, 1.82) is 0 Å². The van der Waals surface area contributed by atoms with Gasteiger partial charge >= 0.3 is 6.03 Å². The van der Waals surface area contributed by atoms with Crippen LogP contribution in [0.2, 0.25) is 0 Å². The van der Waals surface area contributed by atoms with Gasteiger partial charge in [-0.05, 0) is 24.6 Å². The van der Waals surface area contributed by atoms with Crippen LogP contribution in [0.5, 0.6) is 0 Å². The van der Waals surface area contributed by atoms with Crippen molar-refractivity contribution in [2.24, 2.45) is 0 Å². The predicted molar refractivity (Wildman–Crippen MR) is 56.7 cm³/mol. The number of carbonyl (C=O) groups excluding carboxylic acids is 2. The molecule has 1 fully saturated rings. The van der Waals surface area contributed by atoms with Crippen molar-refractivity contribution in [3.63, 3.8) is 0 Å². The topological polar surface area (TPSA) is 49.4 Å². The zero-order chi connectivity index (χ0) is 10.8. The van der Waals surface area contributed by atoms with Gasteiger partial charge in [0.15, 0.2) is 0 Å². The molecule has 4 nitrogen and oxygen atoms in total. The van der Waals surface area contributed by atoms with E-state index in [1.54, 1.807) is 6.07 Å². The summed E-state index contributed by atoms with van der Waals surface area (Å²) in [7, 11) is 0. The van der Waals surface area contributed by atoms with Crippen LogP contribution >= 0.6 is 0 Å². The van der Waals surface area contributed by atoms with Gasteiger partial charge in [0.2, 0.25) is 5.91 Å². The maximum absolute atomic E-state index is 11.6. The lowest BCUT2D eigenvalue weighted by Crippen LogP contribution is -2.50. The summed E-state index contributed by atoms with van der Waals surface area (Å²) >= 11 is 0. The smallest absolute Gasteiger partial charge is 0.328 e. The third-order valence-electron chi connectivity index (χ3n) is 2.33. The van der Waals surface area contributed by atoms with Crippen LogP contribution in [-0.2, 0) is 4.79 Å². The fraction of sp³-hybridized carbons (Fsp3) is 0.273. The second kappa shape index (κ2) is 3.73. The van der Waals surface area contributed by atoms with E-state index in [9.17, 15) is 9.59 Å². The Balaban J connectivity index is 2.35. The van der Waals surface area contributed by atoms with Gasteiger partial charge in [0.1, 0.15) is 0 Å². The molecule has 0 aromatic heterocycles. The number of nitrogens with one attached hydrogen (secondary N) is 1. The van der Waals surface area contributed by atoms with Crippen LogP contribution in [0.25, 0.3) is 0 Å². The fourth-order valence-electron chi connectivity index (χ4n) is 1.61. The number of aryl methyl sites for hydroxylation is 1. The van der Waals surface area contributed by atoms with Crippen molar-refractivity contribution in [1.82, 2.24) is 5.32 Å². The summed E-state index contributed by atoms with van der Waals surface area (Å²) in [6, 6.07) is 7.01. The first-order chi connectivity index (χ1) is 7.18. The highest BCUT2D eigenvalue weighted by atomic mass is 16.2. The highest BCUT2D eigenvalue weighted by Gasteiger charge is 2.26. The number of carbonyl (C=O) groups is 2. The van der Waals surface area contributed by atoms with Gasteiger partial charge in [0.05, 0.1) is 5.69 Å². The van der Waals surface area contributed by atoms with E-state index in [-0.39, 0.29) is 11.9 Å². The Labute approximate surface area is 87.9 Å². The number of benzene rings is 1. The Morgan fingerprint density at radius 3 is 2.80 bits per heavy atom. The molecule has 15 heavy (non-hydrogen) atoms. The summed E-state index contributed by atoms with van der Waals surface area (Å²) < 4.78 is 0. The van der Waals surface area contributed by atoms with E-state index in [0.29, 0.717) is 18.7 Å². The molecule has 1 aromatic rings. The van der Waals surface area contributed by atoms with Crippen molar-refractivity contribution in [2.75, 3.05) is 11.4 Å². The van der Waals surface area contributed by atoms with Crippen molar-refractivity contribution in [2.45, 2.75) is 13.3 Å². The molecule has 0 atom stereocenters. The molecule has 3 amide bonds. The Morgan fingerprint density at radius 1 is 1.33 bits per heavy atom. The normalized spacial score (nSPS) is 16.5. The summed E-state index contributed by atoms with van der Waals surface area (Å²) in [6.07, 6.45) is 0.361. The van der Waals surface area contributed by atoms with Crippen LogP contribution in [-0.4, -0.2) is 18.5 Å². The molecule has 0 saturated carbocycles. The first-order valence-electron chi connectivity index (χ1n) is 4.86. The lowest BCUT2D eigenvalue weighted by molar-refractivity contribution is -0.118. The number of hydrogen-bond donors (Lipinski definition) is 1. The van der Waals surface area contributed by atoms with Crippen LogP contribution < -0.4 is 10.2 Å². The van der Waals surface area contributed by atoms with Crippen LogP contribution in [0.4, 0.5) is 10.5 Å². The molecule has 78 valence electrons. The van der Waals surface area contributed by atoms with E-state index in [1.165, 1.54) is 4.90 Å². The van der Waals surface area contributed by atoms with Crippen LogP contribution in [0.3, 0.4) is 0 Å². The highest BCUT2D eigenvalue weighted by Crippen LogP contribution is 2.18. The van der Waals surface area contributed by atoms with Gasteiger partial charge in [0.25, 0.3) is 0 Å². The predicted octanol–water partition coefficient (Wildman–Crippen LogP) is 1.44. The van der Waals surface area contributed by atoms with Gasteiger partial charge in [-0.2, -0.15) is 0 Å². The van der Waals surface area contributed by atoms with Crippen molar-refractivity contribution < 1.29 is 9.59 Å². The molecule has 4 heteroatoms. The first-order valence-corrected chi connectivity index (χ1v) is 4.86. The number of amides is 3. The maximum atomic E-state index is 11.6. The third kappa shape index (κ3) is 1.83. The summed E-state index contributed by atoms with van der Waals surface area (Å²) in [6.45, 7) is 2.36. The molecule has 1 saturated heterocycles. The van der Waals surface area contributed by atoms with Gasteiger partial charge in [-0.3, -0.25) is 4.79 Å². The highest BCUT2D eigenvalue weighted by molar-refractivity contribution is 6.15. The molecule has 0 aliphatic carbocycles. The molecule has 1 aliphatic heterocycles. The molecular weight excluding hydrogens is 192 g/mol. The maximum Gasteiger partial charge on any atom is 0.328 e. The third-order valence-corrected chi connectivity index (χ3v) is 2.33. The van der Waals surface area contributed by atoms with E-state index in [0.717, 1.165) is 5.56 Å². The van der Waals surface area contributed by atoms with Crippen molar-refractivity contribution >= 4 is 17.6 Å². The molecule has 0 radical (unpaired) electrons. The lowest BCUT2D eigenvalue weighted by Gasteiger charge is -2.25. The van der Waals surface area contributed by atoms with E-state index in [4.69, 9.17) is 0 Å². The van der Waals surface area contributed by atoms with E-state index in [2.05, 4.69) is 5.32 Å². The van der Waals surface area contributed by atoms with Gasteiger partial charge in [-0.25, -0.2) is 9.69 Å². The first kappa shape index (κ1) is 9.71. The molecule has 1 aromatic carbocycles. The van der Waals surface area contributed by atoms with E-state index in [1.807, 2.05) is 25.1 Å². The van der Waals surface area contributed by atoms with Gasteiger partial charge < -0.3 is 5.32 Å². The number of nitrogens with zero attached hydrogens (tertiary/aromatic N) is 1. The number of urea groups is 1. The molecule has 2 rings (SSSR count). The molecule has 0 bridgehead atoms. The zero-order valence-corrected chi connectivity index (χ0v) is 8.49. The quantitative estimate of drug-likeness (QED) is 0.752. The molecule has 1 N–H and O–H groups in total. The number of hydrogen-bond acceptors (Lipinski definition) is 2. The standard InChI is InChI=1S/C11H12N2O2/c1-8-3-2-4-9(7-8)13-10(14)5-6-12-11(13)15/h2-4,7H,5-6H2,1H3,(H,12,15). The molecule has 1 aliphatic rings. The summed E-state index contributed by atoms with van der Waals surface area (Å²) in [5.41, 5.74) is 1.66. The second-order valence-corrected chi connectivity index (χ2v) is 3.55.